The maximum absolute atomic E-state index is 13.3. The van der Waals surface area contributed by atoms with Crippen molar-refractivity contribution < 1.29 is 8.78 Å². The standard InChI is InChI=1S/C28H35ClF2N8/c1-15-7-8-19-21(16(2)36-37-19)20(15)25-34-18-9-12-38(27(33-5)22(29)23(32)24(30)31)13-17(18)26(35-25)39-11-6-10-28(3,4)14-39/h7-8,24,32-33H,6,9-14H2,1-5H3,(H,36,37)/b27-22-,32-23?. The first-order chi connectivity index (χ1) is 18.5. The topological polar surface area (TPSA) is 96.8 Å². The zero-order valence-corrected chi connectivity index (χ0v) is 23.8. The average Bonchev–Trinajstić information content (AvgIpc) is 3.27. The van der Waals surface area contributed by atoms with Gasteiger partial charge in [0.05, 0.1) is 16.9 Å². The van der Waals surface area contributed by atoms with Crippen molar-refractivity contribution >= 4 is 34.0 Å². The van der Waals surface area contributed by atoms with Crippen LogP contribution < -0.4 is 10.2 Å². The van der Waals surface area contributed by atoms with E-state index < -0.39 is 12.1 Å². The lowest BCUT2D eigenvalue weighted by atomic mass is 9.84. The van der Waals surface area contributed by atoms with E-state index in [1.165, 1.54) is 0 Å². The number of alkyl halides is 2. The predicted octanol–water partition coefficient (Wildman–Crippen LogP) is 5.53. The molecule has 39 heavy (non-hydrogen) atoms. The highest BCUT2D eigenvalue weighted by molar-refractivity contribution is 6.43. The van der Waals surface area contributed by atoms with Gasteiger partial charge >= 0.3 is 0 Å². The lowest BCUT2D eigenvalue weighted by Gasteiger charge is -2.41. The molecule has 0 bridgehead atoms. The van der Waals surface area contributed by atoms with E-state index in [1.807, 2.05) is 17.9 Å². The normalized spacial score (nSPS) is 17.9. The summed E-state index contributed by atoms with van der Waals surface area (Å²) in [6.07, 6.45) is -0.168. The number of benzene rings is 1. The number of anilines is 1. The van der Waals surface area contributed by atoms with Gasteiger partial charge < -0.3 is 15.1 Å². The lowest BCUT2D eigenvalue weighted by Crippen LogP contribution is -2.43. The number of fused-ring (bicyclic) bond motifs is 2. The first kappa shape index (κ1) is 27.3. The summed E-state index contributed by atoms with van der Waals surface area (Å²) in [6, 6.07) is 4.10. The van der Waals surface area contributed by atoms with Crippen LogP contribution in [0, 0.1) is 24.7 Å². The van der Waals surface area contributed by atoms with Gasteiger partial charge in [-0.2, -0.15) is 5.10 Å². The van der Waals surface area contributed by atoms with Gasteiger partial charge in [-0.05, 0) is 43.7 Å². The predicted molar refractivity (Wildman–Crippen MR) is 152 cm³/mol. The number of halogens is 3. The van der Waals surface area contributed by atoms with E-state index in [9.17, 15) is 8.78 Å². The molecule has 11 heteroatoms. The zero-order valence-electron chi connectivity index (χ0n) is 23.1. The number of hydrogen-bond donors (Lipinski definition) is 3. The van der Waals surface area contributed by atoms with E-state index in [0.717, 1.165) is 70.7 Å². The molecule has 208 valence electrons. The van der Waals surface area contributed by atoms with Crippen LogP contribution in [-0.2, 0) is 13.0 Å². The number of nitrogens with one attached hydrogen (secondary N) is 3. The Hall–Kier alpha value is -3.27. The van der Waals surface area contributed by atoms with Gasteiger partial charge in [-0.25, -0.2) is 18.7 Å². The van der Waals surface area contributed by atoms with Crippen LogP contribution in [-0.4, -0.2) is 63.9 Å². The minimum atomic E-state index is -2.95. The monoisotopic (exact) mass is 556 g/mol. The quantitative estimate of drug-likeness (QED) is 0.345. The maximum atomic E-state index is 13.3. The van der Waals surface area contributed by atoms with Crippen LogP contribution in [0.1, 0.15) is 49.2 Å². The Labute approximate surface area is 232 Å². The Morgan fingerprint density at radius 2 is 1.97 bits per heavy atom. The number of nitrogens with zero attached hydrogens (tertiary/aromatic N) is 5. The first-order valence-corrected chi connectivity index (χ1v) is 13.7. The van der Waals surface area contributed by atoms with Crippen LogP contribution in [0.15, 0.2) is 23.0 Å². The fourth-order valence-electron chi connectivity index (χ4n) is 5.86. The van der Waals surface area contributed by atoms with Gasteiger partial charge in [-0.3, -0.25) is 10.5 Å². The summed E-state index contributed by atoms with van der Waals surface area (Å²) in [6.45, 7) is 11.3. The molecule has 1 saturated heterocycles. The second-order valence-electron chi connectivity index (χ2n) is 11.3. The fraction of sp³-hybridized carbons (Fsp3) is 0.500. The number of H-pyrrole nitrogens is 1. The van der Waals surface area contributed by atoms with E-state index in [1.54, 1.807) is 7.05 Å². The third-order valence-electron chi connectivity index (χ3n) is 7.80. The van der Waals surface area contributed by atoms with Crippen LogP contribution in [0.2, 0.25) is 0 Å². The molecule has 2 aliphatic heterocycles. The van der Waals surface area contributed by atoms with Gasteiger partial charge in [0.2, 0.25) is 0 Å². The highest BCUT2D eigenvalue weighted by Crippen LogP contribution is 2.38. The molecular formula is C28H35ClF2N8. The molecule has 0 aliphatic carbocycles. The Morgan fingerprint density at radius 1 is 1.21 bits per heavy atom. The molecule has 1 fully saturated rings. The molecular weight excluding hydrogens is 522 g/mol. The van der Waals surface area contributed by atoms with Crippen molar-refractivity contribution in [2.75, 3.05) is 31.6 Å². The van der Waals surface area contributed by atoms with Crippen molar-refractivity contribution in [3.8, 4) is 11.4 Å². The van der Waals surface area contributed by atoms with Gasteiger partial charge in [-0.15, -0.1) is 0 Å². The molecule has 0 radical (unpaired) electrons. The van der Waals surface area contributed by atoms with Crippen molar-refractivity contribution in [2.45, 2.75) is 59.9 Å². The molecule has 0 saturated carbocycles. The first-order valence-electron chi connectivity index (χ1n) is 13.3. The van der Waals surface area contributed by atoms with Gasteiger partial charge in [0.25, 0.3) is 6.43 Å². The van der Waals surface area contributed by atoms with E-state index in [0.29, 0.717) is 31.2 Å². The summed E-state index contributed by atoms with van der Waals surface area (Å²) in [7, 11) is 1.64. The summed E-state index contributed by atoms with van der Waals surface area (Å²) in [5.74, 6) is 1.87. The van der Waals surface area contributed by atoms with Crippen LogP contribution in [0.4, 0.5) is 14.6 Å². The van der Waals surface area contributed by atoms with Crippen molar-refractivity contribution in [1.82, 2.24) is 30.4 Å². The Kier molecular flexibility index (Phi) is 7.26. The SMILES string of the molecule is CN/C(=C(/Cl)C(=N)C(F)F)N1CCc2nc(-c3c(C)ccc4[nH]nc(C)c34)nc(N3CCCC(C)(C)C3)c2C1. The van der Waals surface area contributed by atoms with Crippen LogP contribution >= 0.6 is 11.6 Å². The number of aryl methyl sites for hydroxylation is 2. The summed E-state index contributed by atoms with van der Waals surface area (Å²) < 4.78 is 26.6. The van der Waals surface area contributed by atoms with E-state index in [4.69, 9.17) is 27.0 Å². The summed E-state index contributed by atoms with van der Waals surface area (Å²) in [4.78, 5) is 14.6. The highest BCUT2D eigenvalue weighted by atomic mass is 35.5. The fourth-order valence-corrected chi connectivity index (χ4v) is 6.16. The van der Waals surface area contributed by atoms with Gasteiger partial charge in [-0.1, -0.05) is 31.5 Å². The molecule has 2 aliphatic rings. The third-order valence-corrected chi connectivity index (χ3v) is 8.18. The van der Waals surface area contributed by atoms with Gasteiger partial charge in [0.15, 0.2) is 5.82 Å². The summed E-state index contributed by atoms with van der Waals surface area (Å²) >= 11 is 6.28. The number of allylic oxidation sites excluding steroid dienone is 1. The molecule has 8 nitrogen and oxygen atoms in total. The number of aromatic nitrogens is 4. The highest BCUT2D eigenvalue weighted by Gasteiger charge is 2.33. The summed E-state index contributed by atoms with van der Waals surface area (Å²) in [5.41, 5.74) is 5.05. The molecule has 0 atom stereocenters. The number of hydrogen-bond acceptors (Lipinski definition) is 7. The third kappa shape index (κ3) is 5.06. The Morgan fingerprint density at radius 3 is 2.67 bits per heavy atom. The lowest BCUT2D eigenvalue weighted by molar-refractivity contribution is 0.224. The van der Waals surface area contributed by atoms with E-state index in [2.05, 4.69) is 47.3 Å². The van der Waals surface area contributed by atoms with Crippen LogP contribution in [0.3, 0.4) is 0 Å². The number of rotatable bonds is 6. The van der Waals surface area contributed by atoms with Crippen LogP contribution in [0.5, 0.6) is 0 Å². The second-order valence-corrected chi connectivity index (χ2v) is 11.7. The van der Waals surface area contributed by atoms with Crippen molar-refractivity contribution in [3.05, 3.63) is 45.5 Å². The maximum Gasteiger partial charge on any atom is 0.281 e. The Bertz CT molecular complexity index is 1460. The van der Waals surface area contributed by atoms with Crippen LogP contribution in [0.25, 0.3) is 22.3 Å². The molecule has 5 rings (SSSR count). The smallest absolute Gasteiger partial charge is 0.281 e. The molecule has 0 unspecified atom stereocenters. The summed E-state index contributed by atoms with van der Waals surface area (Å²) in [5, 5.41) is 19.0. The second kappa shape index (κ2) is 10.4. The molecule has 0 amide bonds. The van der Waals surface area contributed by atoms with Gasteiger partial charge in [0, 0.05) is 56.2 Å². The average molecular weight is 557 g/mol. The zero-order chi connectivity index (χ0) is 28.1. The van der Waals surface area contributed by atoms with Crippen molar-refractivity contribution in [3.63, 3.8) is 0 Å². The molecule has 2 aromatic heterocycles. The van der Waals surface area contributed by atoms with Crippen molar-refractivity contribution in [2.24, 2.45) is 5.41 Å². The molecule has 4 heterocycles. The molecule has 3 aromatic rings. The minimum Gasteiger partial charge on any atom is -0.374 e. The van der Waals surface area contributed by atoms with Gasteiger partial charge in [0.1, 0.15) is 22.4 Å². The number of piperidine rings is 1. The molecule has 3 N–H and O–H groups in total. The van der Waals surface area contributed by atoms with E-state index in [-0.39, 0.29) is 10.4 Å². The largest absolute Gasteiger partial charge is 0.374 e. The molecule has 0 spiro atoms. The minimum absolute atomic E-state index is 0.132. The van der Waals surface area contributed by atoms with Crippen molar-refractivity contribution in [1.29, 1.82) is 5.41 Å². The van der Waals surface area contributed by atoms with E-state index >= 15 is 0 Å². The molecule has 1 aromatic carbocycles. The Balaban J connectivity index is 1.66. The number of aromatic amines is 1.